The van der Waals surface area contributed by atoms with Crippen LogP contribution in [0.2, 0.25) is 5.02 Å². The number of rotatable bonds is 3. The average molecular weight is 339 g/mol. The van der Waals surface area contributed by atoms with Crippen molar-refractivity contribution in [2.24, 2.45) is 0 Å². The molecule has 0 atom stereocenters. The third-order valence-electron chi connectivity index (χ3n) is 3.43. The molecule has 0 fully saturated rings. The Morgan fingerprint density at radius 2 is 2.00 bits per heavy atom. The van der Waals surface area contributed by atoms with E-state index in [0.717, 1.165) is 0 Å². The van der Waals surface area contributed by atoms with E-state index in [2.05, 4.69) is 5.10 Å². The molecule has 3 aromatic rings. The van der Waals surface area contributed by atoms with Crippen molar-refractivity contribution in [3.05, 3.63) is 64.3 Å². The number of hydrogen-bond donors (Lipinski definition) is 0. The number of fused-ring (bicyclic) bond motifs is 1. The van der Waals surface area contributed by atoms with E-state index in [0.29, 0.717) is 22.8 Å². The van der Waals surface area contributed by atoms with E-state index in [1.165, 1.54) is 22.9 Å². The van der Waals surface area contributed by atoms with E-state index >= 15 is 0 Å². The number of hydrogen-bond acceptors (Lipinski definition) is 2. The first kappa shape index (κ1) is 15.6. The van der Waals surface area contributed by atoms with Gasteiger partial charge in [-0.2, -0.15) is 18.3 Å². The Morgan fingerprint density at radius 3 is 2.70 bits per heavy atom. The highest BCUT2D eigenvalue weighted by Crippen LogP contribution is 2.37. The molecule has 0 bridgehead atoms. The third-order valence-corrected chi connectivity index (χ3v) is 3.74. The molecular weight excluding hydrogens is 329 g/mol. The topological polar surface area (TPSA) is 34.9 Å². The molecule has 1 aromatic heterocycles. The summed E-state index contributed by atoms with van der Waals surface area (Å²) in [7, 11) is 0. The van der Waals surface area contributed by atoms with Gasteiger partial charge in [0.25, 0.3) is 0 Å². The molecule has 7 heteroatoms. The van der Waals surface area contributed by atoms with Gasteiger partial charge in [0.2, 0.25) is 0 Å². The second-order valence-corrected chi connectivity index (χ2v) is 5.44. The quantitative estimate of drug-likeness (QED) is 0.656. The molecule has 0 aliphatic rings. The van der Waals surface area contributed by atoms with Crippen molar-refractivity contribution in [3.8, 4) is 0 Å². The Morgan fingerprint density at radius 1 is 1.22 bits per heavy atom. The predicted octanol–water partition coefficient (Wildman–Crippen LogP) is 4.57. The average Bonchev–Trinajstić information content (AvgIpc) is 2.86. The number of benzene rings is 2. The van der Waals surface area contributed by atoms with Crippen LogP contribution in [0.4, 0.5) is 13.2 Å². The lowest BCUT2D eigenvalue weighted by Gasteiger charge is -2.14. The van der Waals surface area contributed by atoms with Gasteiger partial charge in [-0.25, -0.2) is 0 Å². The first-order chi connectivity index (χ1) is 10.9. The number of carbonyl (C=O) groups is 1. The summed E-state index contributed by atoms with van der Waals surface area (Å²) < 4.78 is 40.9. The molecule has 2 aromatic carbocycles. The molecule has 0 unspecified atom stereocenters. The van der Waals surface area contributed by atoms with Crippen molar-refractivity contribution >= 4 is 28.8 Å². The molecule has 0 aliphatic carbocycles. The summed E-state index contributed by atoms with van der Waals surface area (Å²) in [4.78, 5) is 10.8. The molecule has 3 nitrogen and oxygen atoms in total. The lowest BCUT2D eigenvalue weighted by atomic mass is 10.1. The molecule has 0 amide bonds. The van der Waals surface area contributed by atoms with Gasteiger partial charge in [0.15, 0.2) is 0 Å². The van der Waals surface area contributed by atoms with Crippen LogP contribution in [0.15, 0.2) is 42.6 Å². The van der Waals surface area contributed by atoms with Gasteiger partial charge < -0.3 is 0 Å². The molecule has 0 N–H and O–H groups in total. The van der Waals surface area contributed by atoms with Crippen LogP contribution in [0.5, 0.6) is 0 Å². The minimum atomic E-state index is -4.54. The SMILES string of the molecule is O=Cc1ccc2nn(Cc3cccc(Cl)c3C(F)(F)F)cc2c1. The van der Waals surface area contributed by atoms with Gasteiger partial charge in [0.05, 0.1) is 22.6 Å². The van der Waals surface area contributed by atoms with Crippen LogP contribution >= 0.6 is 11.6 Å². The van der Waals surface area contributed by atoms with E-state index in [-0.39, 0.29) is 17.1 Å². The smallest absolute Gasteiger partial charge is 0.298 e. The maximum atomic E-state index is 13.2. The molecule has 0 saturated heterocycles. The Hall–Kier alpha value is -2.34. The number of carbonyl (C=O) groups excluding carboxylic acids is 1. The molecule has 1 heterocycles. The molecule has 23 heavy (non-hydrogen) atoms. The standard InChI is InChI=1S/C16H10ClF3N2O/c17-13-3-1-2-11(15(13)16(18,19)20)7-22-8-12-6-10(9-23)4-5-14(12)21-22/h1-6,8-9H,7H2. The molecule has 118 valence electrons. The van der Waals surface area contributed by atoms with Gasteiger partial charge in [0.1, 0.15) is 6.29 Å². The summed E-state index contributed by atoms with van der Waals surface area (Å²) in [5, 5.41) is 4.57. The van der Waals surface area contributed by atoms with Gasteiger partial charge in [-0.15, -0.1) is 0 Å². The highest BCUT2D eigenvalue weighted by molar-refractivity contribution is 6.31. The normalized spacial score (nSPS) is 11.8. The highest BCUT2D eigenvalue weighted by atomic mass is 35.5. The Labute approximate surface area is 134 Å². The molecule has 0 aliphatic heterocycles. The van der Waals surface area contributed by atoms with E-state index in [1.807, 2.05) is 0 Å². The van der Waals surface area contributed by atoms with Crippen molar-refractivity contribution in [1.29, 1.82) is 0 Å². The fraction of sp³-hybridized carbons (Fsp3) is 0.125. The molecular formula is C16H10ClF3N2O. The van der Waals surface area contributed by atoms with E-state index < -0.39 is 11.7 Å². The fourth-order valence-corrected chi connectivity index (χ4v) is 2.74. The summed E-state index contributed by atoms with van der Waals surface area (Å²) in [6, 6.07) is 8.95. The lowest BCUT2D eigenvalue weighted by molar-refractivity contribution is -0.138. The first-order valence-corrected chi connectivity index (χ1v) is 7.03. The van der Waals surface area contributed by atoms with Crippen LogP contribution in [0, 0.1) is 0 Å². The number of alkyl halides is 3. The first-order valence-electron chi connectivity index (χ1n) is 6.65. The predicted molar refractivity (Wildman–Crippen MR) is 80.7 cm³/mol. The highest BCUT2D eigenvalue weighted by Gasteiger charge is 2.35. The van der Waals surface area contributed by atoms with Crippen LogP contribution in [-0.4, -0.2) is 16.1 Å². The molecule has 0 spiro atoms. The largest absolute Gasteiger partial charge is 0.418 e. The summed E-state index contributed by atoms with van der Waals surface area (Å²) in [5.41, 5.74) is 0.269. The van der Waals surface area contributed by atoms with Crippen LogP contribution in [0.3, 0.4) is 0 Å². The van der Waals surface area contributed by atoms with Gasteiger partial charge in [0, 0.05) is 17.1 Å². The minimum Gasteiger partial charge on any atom is -0.298 e. The Kier molecular flexibility index (Phi) is 3.85. The molecule has 0 saturated carbocycles. The van der Waals surface area contributed by atoms with Crippen molar-refractivity contribution in [2.45, 2.75) is 12.7 Å². The fourth-order valence-electron chi connectivity index (χ4n) is 2.44. The number of aromatic nitrogens is 2. The zero-order valence-corrected chi connectivity index (χ0v) is 12.4. The van der Waals surface area contributed by atoms with Crippen molar-refractivity contribution < 1.29 is 18.0 Å². The Bertz CT molecular complexity index is 887. The maximum Gasteiger partial charge on any atom is 0.418 e. The van der Waals surface area contributed by atoms with Crippen LogP contribution in [-0.2, 0) is 12.7 Å². The monoisotopic (exact) mass is 338 g/mol. The van der Waals surface area contributed by atoms with Gasteiger partial charge >= 0.3 is 6.18 Å². The number of aldehydes is 1. The van der Waals surface area contributed by atoms with Gasteiger partial charge in [-0.05, 0) is 29.8 Å². The summed E-state index contributed by atoms with van der Waals surface area (Å²) in [6.07, 6.45) is -2.23. The maximum absolute atomic E-state index is 13.2. The van der Waals surface area contributed by atoms with Crippen LogP contribution < -0.4 is 0 Å². The third kappa shape index (κ3) is 3.07. The summed E-state index contributed by atoms with van der Waals surface area (Å²) in [5.74, 6) is 0. The van der Waals surface area contributed by atoms with Gasteiger partial charge in [-0.1, -0.05) is 23.7 Å². The Balaban J connectivity index is 2.03. The number of halogens is 4. The zero-order chi connectivity index (χ0) is 16.6. The van der Waals surface area contributed by atoms with E-state index in [4.69, 9.17) is 11.6 Å². The lowest BCUT2D eigenvalue weighted by Crippen LogP contribution is -2.12. The van der Waals surface area contributed by atoms with Crippen molar-refractivity contribution in [1.82, 2.24) is 9.78 Å². The number of nitrogens with zero attached hydrogens (tertiary/aromatic N) is 2. The summed E-state index contributed by atoms with van der Waals surface area (Å²) >= 11 is 5.71. The van der Waals surface area contributed by atoms with E-state index in [9.17, 15) is 18.0 Å². The van der Waals surface area contributed by atoms with E-state index in [1.54, 1.807) is 24.4 Å². The van der Waals surface area contributed by atoms with Gasteiger partial charge in [-0.3, -0.25) is 9.48 Å². The second kappa shape index (κ2) is 5.70. The minimum absolute atomic E-state index is 0.0356. The van der Waals surface area contributed by atoms with Crippen LogP contribution in [0.25, 0.3) is 10.9 Å². The van der Waals surface area contributed by atoms with Crippen LogP contribution in [0.1, 0.15) is 21.5 Å². The second-order valence-electron chi connectivity index (χ2n) is 5.03. The molecule has 3 rings (SSSR count). The van der Waals surface area contributed by atoms with Crippen molar-refractivity contribution in [2.75, 3.05) is 0 Å². The zero-order valence-electron chi connectivity index (χ0n) is 11.6. The van der Waals surface area contributed by atoms with Crippen molar-refractivity contribution in [3.63, 3.8) is 0 Å². The molecule has 0 radical (unpaired) electrons. The summed E-state index contributed by atoms with van der Waals surface area (Å²) in [6.45, 7) is -0.0689.